The van der Waals surface area contributed by atoms with Crippen LogP contribution in [0.5, 0.6) is 0 Å². The van der Waals surface area contributed by atoms with Crippen molar-refractivity contribution in [2.75, 3.05) is 26.8 Å². The molecule has 1 N–H and O–H groups in total. The zero-order valence-corrected chi connectivity index (χ0v) is 16.2. The highest BCUT2D eigenvalue weighted by molar-refractivity contribution is 5.74. The lowest BCUT2D eigenvalue weighted by Gasteiger charge is -2.24. The highest BCUT2D eigenvalue weighted by Crippen LogP contribution is 2.12. The van der Waals surface area contributed by atoms with Crippen LogP contribution in [-0.2, 0) is 17.8 Å². The number of hydrogen-bond donors (Lipinski definition) is 1. The summed E-state index contributed by atoms with van der Waals surface area (Å²) in [6, 6.07) is 12.6. The third-order valence-corrected chi connectivity index (χ3v) is 4.41. The normalized spacial score (nSPS) is 10.7. The van der Waals surface area contributed by atoms with Gasteiger partial charge in [0.05, 0.1) is 13.2 Å². The fraction of sp³-hybridized carbons (Fsp3) is 0.476. The number of ether oxygens (including phenoxy) is 1. The third-order valence-electron chi connectivity index (χ3n) is 4.41. The molecule has 2 aromatic rings. The molecule has 2 rings (SSSR count). The van der Waals surface area contributed by atoms with Crippen molar-refractivity contribution in [1.29, 1.82) is 0 Å². The molecule has 0 aliphatic carbocycles. The Labute approximate surface area is 157 Å². The summed E-state index contributed by atoms with van der Waals surface area (Å²) < 4.78 is 7.37. The zero-order valence-electron chi connectivity index (χ0n) is 16.2. The van der Waals surface area contributed by atoms with Gasteiger partial charge in [0.25, 0.3) is 0 Å². The van der Waals surface area contributed by atoms with Crippen LogP contribution in [0.15, 0.2) is 42.6 Å². The monoisotopic (exact) mass is 357 g/mol. The maximum absolute atomic E-state index is 12.5. The SMILES string of the molecule is CCCCNC(=O)N(CCOC)Cc1cccn1Cc1ccc(C)cc1. The first-order valence-corrected chi connectivity index (χ1v) is 9.35. The Bertz CT molecular complexity index is 664. The van der Waals surface area contributed by atoms with Crippen molar-refractivity contribution in [2.24, 2.45) is 0 Å². The number of benzene rings is 1. The van der Waals surface area contributed by atoms with E-state index in [1.54, 1.807) is 7.11 Å². The minimum atomic E-state index is -0.0291. The first-order chi connectivity index (χ1) is 12.6. The second-order valence-corrected chi connectivity index (χ2v) is 6.61. The molecule has 2 amide bonds. The van der Waals surface area contributed by atoms with E-state index in [1.807, 2.05) is 11.0 Å². The molecule has 5 nitrogen and oxygen atoms in total. The van der Waals surface area contributed by atoms with Gasteiger partial charge in [-0.15, -0.1) is 0 Å². The number of rotatable bonds is 10. The van der Waals surface area contributed by atoms with Crippen molar-refractivity contribution < 1.29 is 9.53 Å². The summed E-state index contributed by atoms with van der Waals surface area (Å²) in [7, 11) is 1.66. The van der Waals surface area contributed by atoms with Crippen LogP contribution in [0, 0.1) is 6.92 Å². The molecule has 0 spiro atoms. The van der Waals surface area contributed by atoms with Crippen molar-refractivity contribution in [3.8, 4) is 0 Å². The molecule has 0 atom stereocenters. The molecule has 142 valence electrons. The Kier molecular flexibility index (Phi) is 8.22. The largest absolute Gasteiger partial charge is 0.383 e. The summed E-state index contributed by atoms with van der Waals surface area (Å²) in [5, 5.41) is 3.00. The van der Waals surface area contributed by atoms with Gasteiger partial charge in [0.15, 0.2) is 0 Å². The molecular weight excluding hydrogens is 326 g/mol. The van der Waals surface area contributed by atoms with Gasteiger partial charge in [-0.1, -0.05) is 43.2 Å². The van der Waals surface area contributed by atoms with Crippen molar-refractivity contribution in [2.45, 2.75) is 39.8 Å². The molecule has 0 saturated heterocycles. The van der Waals surface area contributed by atoms with Crippen LogP contribution in [0.2, 0.25) is 0 Å². The van der Waals surface area contributed by atoms with Gasteiger partial charge in [0, 0.05) is 38.6 Å². The average Bonchev–Trinajstić information content (AvgIpc) is 3.07. The van der Waals surface area contributed by atoms with Crippen molar-refractivity contribution in [1.82, 2.24) is 14.8 Å². The minimum Gasteiger partial charge on any atom is -0.383 e. The Balaban J connectivity index is 2.04. The van der Waals surface area contributed by atoms with Gasteiger partial charge in [0.1, 0.15) is 0 Å². The lowest BCUT2D eigenvalue weighted by atomic mass is 10.1. The highest BCUT2D eigenvalue weighted by atomic mass is 16.5. The van der Waals surface area contributed by atoms with Crippen molar-refractivity contribution in [3.63, 3.8) is 0 Å². The molecule has 1 aromatic heterocycles. The van der Waals surface area contributed by atoms with Gasteiger partial charge in [-0.2, -0.15) is 0 Å². The molecule has 0 aliphatic rings. The molecule has 0 radical (unpaired) electrons. The van der Waals surface area contributed by atoms with Gasteiger partial charge in [0.2, 0.25) is 0 Å². The van der Waals surface area contributed by atoms with E-state index >= 15 is 0 Å². The average molecular weight is 357 g/mol. The number of urea groups is 1. The molecule has 1 aromatic carbocycles. The van der Waals surface area contributed by atoms with Crippen LogP contribution in [0.4, 0.5) is 4.79 Å². The van der Waals surface area contributed by atoms with E-state index in [4.69, 9.17) is 4.74 Å². The summed E-state index contributed by atoms with van der Waals surface area (Å²) in [6.45, 7) is 7.40. The van der Waals surface area contributed by atoms with Crippen molar-refractivity contribution >= 4 is 6.03 Å². The number of nitrogens with one attached hydrogen (secondary N) is 1. The third kappa shape index (κ3) is 6.23. The molecule has 26 heavy (non-hydrogen) atoms. The van der Waals surface area contributed by atoms with Gasteiger partial charge in [-0.25, -0.2) is 4.79 Å². The van der Waals surface area contributed by atoms with Gasteiger partial charge in [-0.05, 0) is 31.0 Å². The highest BCUT2D eigenvalue weighted by Gasteiger charge is 2.15. The topological polar surface area (TPSA) is 46.5 Å². The van der Waals surface area contributed by atoms with Crippen LogP contribution < -0.4 is 5.32 Å². The number of methoxy groups -OCH3 is 1. The van der Waals surface area contributed by atoms with Gasteiger partial charge < -0.3 is 19.5 Å². The summed E-state index contributed by atoms with van der Waals surface area (Å²) in [5.41, 5.74) is 3.63. The van der Waals surface area contributed by atoms with E-state index in [1.165, 1.54) is 11.1 Å². The maximum atomic E-state index is 12.5. The molecule has 0 aliphatic heterocycles. The lowest BCUT2D eigenvalue weighted by Crippen LogP contribution is -2.42. The van der Waals surface area contributed by atoms with Gasteiger partial charge in [-0.3, -0.25) is 0 Å². The van der Waals surface area contributed by atoms with E-state index in [9.17, 15) is 4.79 Å². The van der Waals surface area contributed by atoms with Gasteiger partial charge >= 0.3 is 6.03 Å². The zero-order chi connectivity index (χ0) is 18.8. The standard InChI is InChI=1S/C21H31N3O2/c1-4-5-12-22-21(25)24(14-15-26-3)17-20-7-6-13-23(20)16-19-10-8-18(2)9-11-19/h6-11,13H,4-5,12,14-17H2,1-3H3,(H,22,25). The molecule has 0 saturated carbocycles. The van der Waals surface area contributed by atoms with E-state index in [2.05, 4.69) is 60.3 Å². The summed E-state index contributed by atoms with van der Waals surface area (Å²) in [4.78, 5) is 14.3. The molecule has 0 unspecified atom stereocenters. The lowest BCUT2D eigenvalue weighted by molar-refractivity contribution is 0.145. The predicted molar refractivity (Wildman–Crippen MR) is 105 cm³/mol. The Morgan fingerprint density at radius 3 is 2.69 bits per heavy atom. The molecule has 0 fully saturated rings. The predicted octanol–water partition coefficient (Wildman–Crippen LogP) is 3.80. The fourth-order valence-electron chi connectivity index (χ4n) is 2.77. The number of aromatic nitrogens is 1. The van der Waals surface area contributed by atoms with Crippen molar-refractivity contribution in [3.05, 3.63) is 59.4 Å². The second kappa shape index (κ2) is 10.7. The number of nitrogens with zero attached hydrogens (tertiary/aromatic N) is 2. The van der Waals surface area contributed by atoms with Crippen LogP contribution >= 0.6 is 0 Å². The van der Waals surface area contributed by atoms with Crippen LogP contribution in [0.3, 0.4) is 0 Å². The number of hydrogen-bond acceptors (Lipinski definition) is 2. The molecule has 1 heterocycles. The minimum absolute atomic E-state index is 0.0291. The Hall–Kier alpha value is -2.27. The maximum Gasteiger partial charge on any atom is 0.317 e. The number of amides is 2. The van der Waals surface area contributed by atoms with Crippen LogP contribution in [-0.4, -0.2) is 42.3 Å². The summed E-state index contributed by atoms with van der Waals surface area (Å²) in [5.74, 6) is 0. The Morgan fingerprint density at radius 2 is 2.00 bits per heavy atom. The summed E-state index contributed by atoms with van der Waals surface area (Å²) in [6.07, 6.45) is 4.13. The quantitative estimate of drug-likeness (QED) is 0.658. The first-order valence-electron chi connectivity index (χ1n) is 9.35. The number of carbonyl (C=O) groups excluding carboxylic acids is 1. The Morgan fingerprint density at radius 1 is 1.23 bits per heavy atom. The molecule has 0 bridgehead atoms. The van der Waals surface area contributed by atoms with E-state index in [0.717, 1.165) is 25.1 Å². The van der Waals surface area contributed by atoms with Crippen LogP contribution in [0.1, 0.15) is 36.6 Å². The fourth-order valence-corrected chi connectivity index (χ4v) is 2.77. The molecule has 5 heteroatoms. The smallest absolute Gasteiger partial charge is 0.317 e. The first kappa shape index (κ1) is 20.0. The summed E-state index contributed by atoms with van der Waals surface area (Å²) >= 11 is 0. The second-order valence-electron chi connectivity index (χ2n) is 6.61. The van der Waals surface area contributed by atoms with E-state index in [-0.39, 0.29) is 6.03 Å². The van der Waals surface area contributed by atoms with E-state index in [0.29, 0.717) is 26.2 Å². The number of carbonyl (C=O) groups is 1. The van der Waals surface area contributed by atoms with E-state index < -0.39 is 0 Å². The number of unbranched alkanes of at least 4 members (excludes halogenated alkanes) is 1. The number of aryl methyl sites for hydroxylation is 1. The van der Waals surface area contributed by atoms with Crippen LogP contribution in [0.25, 0.3) is 0 Å². The molecular formula is C21H31N3O2.